The highest BCUT2D eigenvalue weighted by Gasteiger charge is 2.37. The maximum Gasteiger partial charge on any atom is 0.231 e. The van der Waals surface area contributed by atoms with Crippen molar-refractivity contribution in [3.05, 3.63) is 93.1 Å². The fourth-order valence-corrected chi connectivity index (χ4v) is 5.69. The van der Waals surface area contributed by atoms with Crippen LogP contribution in [-0.2, 0) is 11.2 Å². The number of benzene rings is 3. The molecule has 0 radical (unpaired) electrons. The maximum absolute atomic E-state index is 13.8. The number of rotatable bonds is 3. The van der Waals surface area contributed by atoms with Gasteiger partial charge in [0.15, 0.2) is 17.3 Å². The van der Waals surface area contributed by atoms with Crippen LogP contribution in [0.5, 0.6) is 11.5 Å². The Hall–Kier alpha value is -3.25. The van der Waals surface area contributed by atoms with Gasteiger partial charge in [0.2, 0.25) is 6.79 Å². The summed E-state index contributed by atoms with van der Waals surface area (Å²) < 4.78 is 12.1. The zero-order valence-corrected chi connectivity index (χ0v) is 20.4. The Morgan fingerprint density at radius 3 is 2.47 bits per heavy atom. The molecule has 0 saturated carbocycles. The number of carbonyl (C=O) groups excluding carboxylic acids is 1. The molecule has 5 nitrogen and oxygen atoms in total. The van der Waals surface area contributed by atoms with Gasteiger partial charge in [0.05, 0.1) is 17.4 Å². The van der Waals surface area contributed by atoms with E-state index in [0.717, 1.165) is 45.5 Å². The molecule has 0 bridgehead atoms. The predicted octanol–water partition coefficient (Wildman–Crippen LogP) is 6.72. The summed E-state index contributed by atoms with van der Waals surface area (Å²) in [6, 6.07) is 20.4. The van der Waals surface area contributed by atoms with Crippen LogP contribution in [-0.4, -0.2) is 12.6 Å². The number of fused-ring (bicyclic) bond motifs is 2. The second-order valence-electron chi connectivity index (χ2n) is 8.99. The minimum absolute atomic E-state index is 0.149. The molecule has 0 saturated heterocycles. The molecular weight excluding hydrogens is 492 g/mol. The van der Waals surface area contributed by atoms with Gasteiger partial charge in [0, 0.05) is 22.2 Å². The van der Waals surface area contributed by atoms with Crippen molar-refractivity contribution in [3.8, 4) is 11.5 Å². The fraction of sp³-hybridized carbons (Fsp3) is 0.250. The van der Waals surface area contributed by atoms with Gasteiger partial charge < -0.3 is 20.1 Å². The van der Waals surface area contributed by atoms with E-state index in [1.807, 2.05) is 36.4 Å². The number of para-hydroxylation sites is 2. The first kappa shape index (κ1) is 21.3. The molecule has 0 fully saturated rings. The number of anilines is 2. The van der Waals surface area contributed by atoms with Gasteiger partial charge in [0.1, 0.15) is 0 Å². The number of hydrogen-bond donors (Lipinski definition) is 2. The largest absolute Gasteiger partial charge is 0.454 e. The lowest BCUT2D eigenvalue weighted by atomic mass is 9.78. The van der Waals surface area contributed by atoms with E-state index in [4.69, 9.17) is 9.47 Å². The molecule has 0 aromatic heterocycles. The molecule has 3 aromatic rings. The van der Waals surface area contributed by atoms with Crippen molar-refractivity contribution in [3.63, 3.8) is 0 Å². The zero-order valence-electron chi connectivity index (χ0n) is 18.9. The van der Waals surface area contributed by atoms with Gasteiger partial charge in [-0.2, -0.15) is 0 Å². The van der Waals surface area contributed by atoms with E-state index >= 15 is 0 Å². The lowest BCUT2D eigenvalue weighted by Gasteiger charge is -2.30. The van der Waals surface area contributed by atoms with Crippen LogP contribution in [0, 0.1) is 0 Å². The quantitative estimate of drug-likeness (QED) is 0.404. The summed E-state index contributed by atoms with van der Waals surface area (Å²) in [5.41, 5.74) is 7.18. The lowest BCUT2D eigenvalue weighted by Crippen LogP contribution is -2.27. The Labute approximate surface area is 207 Å². The zero-order chi connectivity index (χ0) is 23.2. The van der Waals surface area contributed by atoms with Crippen LogP contribution < -0.4 is 20.1 Å². The summed E-state index contributed by atoms with van der Waals surface area (Å²) in [4.78, 5) is 13.8. The molecule has 3 aromatic carbocycles. The fourth-order valence-electron chi connectivity index (χ4n) is 5.14. The van der Waals surface area contributed by atoms with Crippen LogP contribution in [0.2, 0.25) is 0 Å². The Balaban J connectivity index is 1.45. The smallest absolute Gasteiger partial charge is 0.231 e. The van der Waals surface area contributed by atoms with Crippen LogP contribution in [0.25, 0.3) is 0 Å². The Morgan fingerprint density at radius 2 is 1.71 bits per heavy atom. The molecule has 3 aliphatic rings. The maximum atomic E-state index is 13.8. The van der Waals surface area contributed by atoms with Crippen LogP contribution in [0.15, 0.2) is 76.4 Å². The average molecular weight is 517 g/mol. The summed E-state index contributed by atoms with van der Waals surface area (Å²) in [5.74, 6) is 1.72. The molecule has 2 N–H and O–H groups in total. The van der Waals surface area contributed by atoms with Gasteiger partial charge in [-0.15, -0.1) is 0 Å². The number of ketones is 1. The van der Waals surface area contributed by atoms with Gasteiger partial charge >= 0.3 is 0 Å². The van der Waals surface area contributed by atoms with Gasteiger partial charge in [-0.1, -0.05) is 59.3 Å². The highest BCUT2D eigenvalue weighted by atomic mass is 79.9. The first-order chi connectivity index (χ1) is 16.6. The third-order valence-corrected chi connectivity index (χ3v) is 7.66. The lowest BCUT2D eigenvalue weighted by molar-refractivity contribution is -0.116. The van der Waals surface area contributed by atoms with Gasteiger partial charge in [-0.05, 0) is 59.7 Å². The average Bonchev–Trinajstić information content (AvgIpc) is 3.23. The van der Waals surface area contributed by atoms with Gasteiger partial charge in [-0.25, -0.2) is 0 Å². The number of halogens is 1. The van der Waals surface area contributed by atoms with Crippen molar-refractivity contribution in [2.24, 2.45) is 0 Å². The Morgan fingerprint density at radius 1 is 0.971 bits per heavy atom. The molecule has 6 rings (SSSR count). The minimum atomic E-state index is -0.314. The van der Waals surface area contributed by atoms with E-state index in [9.17, 15) is 4.79 Å². The van der Waals surface area contributed by atoms with E-state index in [-0.39, 0.29) is 24.5 Å². The van der Waals surface area contributed by atoms with Crippen molar-refractivity contribution < 1.29 is 14.3 Å². The molecule has 2 atom stereocenters. The van der Waals surface area contributed by atoms with E-state index in [0.29, 0.717) is 17.9 Å². The number of allylic oxidation sites excluding steroid dienone is 1. The number of ether oxygens (including phenoxy) is 2. The topological polar surface area (TPSA) is 59.6 Å². The monoisotopic (exact) mass is 516 g/mol. The number of hydrogen-bond acceptors (Lipinski definition) is 5. The van der Waals surface area contributed by atoms with Gasteiger partial charge in [-0.3, -0.25) is 4.79 Å². The number of carbonyl (C=O) groups is 1. The van der Waals surface area contributed by atoms with E-state index in [1.54, 1.807) is 0 Å². The molecule has 6 heteroatoms. The molecule has 2 unspecified atom stereocenters. The van der Waals surface area contributed by atoms with Crippen LogP contribution >= 0.6 is 15.9 Å². The summed E-state index contributed by atoms with van der Waals surface area (Å²) in [6.07, 6.45) is 2.28. The highest BCUT2D eigenvalue weighted by molar-refractivity contribution is 9.10. The first-order valence-corrected chi connectivity index (χ1v) is 12.5. The Bertz CT molecular complexity index is 1320. The van der Waals surface area contributed by atoms with E-state index in [1.165, 1.54) is 11.1 Å². The second kappa shape index (κ2) is 8.51. The van der Waals surface area contributed by atoms with Crippen molar-refractivity contribution in [2.45, 2.75) is 38.1 Å². The molecule has 2 heterocycles. The number of nitrogens with one attached hydrogen (secondary N) is 2. The summed E-state index contributed by atoms with van der Waals surface area (Å²) in [5, 5.41) is 7.25. The van der Waals surface area contributed by atoms with Crippen molar-refractivity contribution in [1.29, 1.82) is 0 Å². The summed E-state index contributed by atoms with van der Waals surface area (Å²) in [6.45, 7) is 2.36. The molecular formula is C28H25BrN2O3. The van der Waals surface area contributed by atoms with Crippen molar-refractivity contribution in [1.82, 2.24) is 0 Å². The minimum Gasteiger partial charge on any atom is -0.454 e. The third kappa shape index (κ3) is 3.66. The summed E-state index contributed by atoms with van der Waals surface area (Å²) in [7, 11) is 0. The van der Waals surface area contributed by atoms with E-state index < -0.39 is 0 Å². The number of Topliss-reactive ketones (excluding diaryl/α,β-unsaturated/α-hetero) is 1. The molecule has 0 amide bonds. The first-order valence-electron chi connectivity index (χ1n) is 11.7. The van der Waals surface area contributed by atoms with Gasteiger partial charge in [0.25, 0.3) is 0 Å². The molecule has 0 spiro atoms. The predicted molar refractivity (Wildman–Crippen MR) is 137 cm³/mol. The molecule has 1 aliphatic carbocycles. The molecule has 34 heavy (non-hydrogen) atoms. The summed E-state index contributed by atoms with van der Waals surface area (Å²) >= 11 is 3.72. The second-order valence-corrected chi connectivity index (χ2v) is 9.84. The van der Waals surface area contributed by atoms with Crippen molar-refractivity contribution >= 4 is 33.1 Å². The van der Waals surface area contributed by atoms with Crippen LogP contribution in [0.4, 0.5) is 11.4 Å². The normalized spacial score (nSPS) is 20.7. The Kier molecular flexibility index (Phi) is 5.33. The SMILES string of the molecule is CCc1ccc(C2CC(=O)C3=C(C2)Nc2ccccc2NC3c2cc3c(cc2Br)OCO3)cc1. The molecule has 172 valence electrons. The van der Waals surface area contributed by atoms with Crippen molar-refractivity contribution in [2.75, 3.05) is 17.4 Å². The third-order valence-electron chi connectivity index (χ3n) is 6.97. The van der Waals surface area contributed by atoms with Crippen LogP contribution in [0.1, 0.15) is 48.4 Å². The number of aryl methyl sites for hydroxylation is 1. The highest BCUT2D eigenvalue weighted by Crippen LogP contribution is 2.47. The van der Waals surface area contributed by atoms with Crippen LogP contribution in [0.3, 0.4) is 0 Å². The van der Waals surface area contributed by atoms with E-state index in [2.05, 4.69) is 57.8 Å². The molecule has 2 aliphatic heterocycles. The standard InChI is InChI=1S/C28H25BrN2O3/c1-2-16-7-9-17(10-8-16)18-11-23-27(24(32)12-18)28(31-22-6-4-3-5-21(22)30-23)19-13-25-26(14-20(19)29)34-15-33-25/h3-10,13-14,18,28,30-31H,2,11-12,15H2,1H3.